The monoisotopic (exact) mass is 181 g/mol. The number of hydrogen-bond donors (Lipinski definition) is 1. The second-order valence-corrected chi connectivity index (χ2v) is 3.54. The van der Waals surface area contributed by atoms with Crippen LogP contribution < -0.4 is 5.32 Å². The smallest absolute Gasteiger partial charge is 0.165 e. The molecule has 1 fully saturated rings. The minimum absolute atomic E-state index is 0.559. The summed E-state index contributed by atoms with van der Waals surface area (Å²) in [7, 11) is 1.91. The minimum atomic E-state index is 0.559. The molecule has 1 aliphatic carbocycles. The van der Waals surface area contributed by atoms with E-state index in [2.05, 4.69) is 27.8 Å². The highest BCUT2D eigenvalue weighted by Crippen LogP contribution is 2.45. The fraction of sp³-hybridized carbons (Fsp3) is 0.875. The van der Waals surface area contributed by atoms with Crippen molar-refractivity contribution >= 4 is 0 Å². The molecule has 1 saturated carbocycles. The van der Waals surface area contributed by atoms with Crippen molar-refractivity contribution in [1.82, 2.24) is 25.5 Å². The quantitative estimate of drug-likeness (QED) is 0.729. The van der Waals surface area contributed by atoms with Crippen molar-refractivity contribution in [3.05, 3.63) is 5.82 Å². The molecule has 0 radical (unpaired) electrons. The maximum absolute atomic E-state index is 4.01. The summed E-state index contributed by atoms with van der Waals surface area (Å²) < 4.78 is 1.96. The lowest BCUT2D eigenvalue weighted by Crippen LogP contribution is -2.13. The van der Waals surface area contributed by atoms with E-state index in [0.717, 1.165) is 18.3 Å². The van der Waals surface area contributed by atoms with Crippen LogP contribution in [0.4, 0.5) is 0 Å². The van der Waals surface area contributed by atoms with Gasteiger partial charge in [-0.1, -0.05) is 13.3 Å². The predicted octanol–water partition coefficient (Wildman–Crippen LogP) is 0.363. The van der Waals surface area contributed by atoms with E-state index in [1.54, 1.807) is 0 Å². The van der Waals surface area contributed by atoms with Gasteiger partial charge in [0.05, 0.1) is 12.6 Å². The van der Waals surface area contributed by atoms with Gasteiger partial charge in [0.2, 0.25) is 0 Å². The topological polar surface area (TPSA) is 55.6 Å². The highest BCUT2D eigenvalue weighted by atomic mass is 15.6. The predicted molar refractivity (Wildman–Crippen MR) is 48.0 cm³/mol. The summed E-state index contributed by atoms with van der Waals surface area (Å²) in [5.41, 5.74) is 0. The van der Waals surface area contributed by atoms with Crippen LogP contribution in [0.25, 0.3) is 0 Å². The second-order valence-electron chi connectivity index (χ2n) is 3.54. The first-order valence-electron chi connectivity index (χ1n) is 4.78. The van der Waals surface area contributed by atoms with E-state index in [0.29, 0.717) is 6.04 Å². The minimum Gasteiger partial charge on any atom is -0.313 e. The number of rotatable bonds is 4. The van der Waals surface area contributed by atoms with Crippen molar-refractivity contribution in [3.8, 4) is 0 Å². The van der Waals surface area contributed by atoms with Crippen molar-refractivity contribution < 1.29 is 0 Å². The standard InChI is InChI=1S/C8H15N5/c1-3-6-4-7(6)13-8(5-9-2)10-11-12-13/h6-7,9H,3-5H2,1-2H3. The van der Waals surface area contributed by atoms with E-state index in [1.165, 1.54) is 12.8 Å². The van der Waals surface area contributed by atoms with E-state index >= 15 is 0 Å². The Morgan fingerprint density at radius 1 is 1.62 bits per heavy atom. The Bertz CT molecular complexity index is 282. The zero-order valence-corrected chi connectivity index (χ0v) is 8.06. The Morgan fingerprint density at radius 2 is 2.46 bits per heavy atom. The van der Waals surface area contributed by atoms with Gasteiger partial charge in [-0.25, -0.2) is 4.68 Å². The third-order valence-corrected chi connectivity index (χ3v) is 2.62. The summed E-state index contributed by atoms with van der Waals surface area (Å²) in [6.45, 7) is 2.96. The Morgan fingerprint density at radius 3 is 3.08 bits per heavy atom. The molecule has 2 atom stereocenters. The molecule has 2 unspecified atom stereocenters. The Balaban J connectivity index is 2.07. The van der Waals surface area contributed by atoms with Crippen LogP contribution in [0.2, 0.25) is 0 Å². The largest absolute Gasteiger partial charge is 0.313 e. The highest BCUT2D eigenvalue weighted by molar-refractivity contribution is 4.95. The zero-order chi connectivity index (χ0) is 9.26. The van der Waals surface area contributed by atoms with Gasteiger partial charge in [-0.3, -0.25) is 0 Å². The van der Waals surface area contributed by atoms with E-state index in [9.17, 15) is 0 Å². The van der Waals surface area contributed by atoms with Crippen molar-refractivity contribution in [1.29, 1.82) is 0 Å². The maximum Gasteiger partial charge on any atom is 0.165 e. The normalized spacial score (nSPS) is 26.3. The van der Waals surface area contributed by atoms with Crippen molar-refractivity contribution in [2.75, 3.05) is 7.05 Å². The average Bonchev–Trinajstić information content (AvgIpc) is 2.79. The molecule has 1 aliphatic rings. The summed E-state index contributed by atoms with van der Waals surface area (Å²) in [6.07, 6.45) is 2.46. The summed E-state index contributed by atoms with van der Waals surface area (Å²) in [5.74, 6) is 1.74. The van der Waals surface area contributed by atoms with Gasteiger partial charge in [0.25, 0.3) is 0 Å². The second kappa shape index (κ2) is 3.41. The molecule has 1 heterocycles. The molecule has 0 spiro atoms. The summed E-state index contributed by atoms with van der Waals surface area (Å²) >= 11 is 0. The van der Waals surface area contributed by atoms with Gasteiger partial charge in [0.15, 0.2) is 5.82 Å². The van der Waals surface area contributed by atoms with Crippen molar-refractivity contribution in [2.24, 2.45) is 5.92 Å². The number of nitrogens with zero attached hydrogens (tertiary/aromatic N) is 4. The van der Waals surface area contributed by atoms with Crippen LogP contribution in [0.1, 0.15) is 31.6 Å². The molecule has 0 aromatic carbocycles. The fourth-order valence-corrected chi connectivity index (χ4v) is 1.71. The molecule has 2 rings (SSSR count). The first kappa shape index (κ1) is 8.62. The molecule has 1 aromatic rings. The molecule has 1 N–H and O–H groups in total. The summed E-state index contributed by atoms with van der Waals surface area (Å²) in [5, 5.41) is 14.7. The fourth-order valence-electron chi connectivity index (χ4n) is 1.71. The summed E-state index contributed by atoms with van der Waals surface area (Å²) in [6, 6.07) is 0.559. The molecule has 0 bridgehead atoms. The third kappa shape index (κ3) is 1.56. The lowest BCUT2D eigenvalue weighted by atomic mass is 10.3. The van der Waals surface area contributed by atoms with E-state index in [4.69, 9.17) is 0 Å². The number of tetrazole rings is 1. The zero-order valence-electron chi connectivity index (χ0n) is 8.06. The van der Waals surface area contributed by atoms with Crippen LogP contribution in [0, 0.1) is 5.92 Å². The molecule has 1 aromatic heterocycles. The molecule has 13 heavy (non-hydrogen) atoms. The summed E-state index contributed by atoms with van der Waals surface area (Å²) in [4.78, 5) is 0. The van der Waals surface area contributed by atoms with E-state index in [1.807, 2.05) is 11.7 Å². The van der Waals surface area contributed by atoms with Crippen LogP contribution in [-0.4, -0.2) is 27.3 Å². The van der Waals surface area contributed by atoms with E-state index < -0.39 is 0 Å². The molecule has 72 valence electrons. The molecule has 0 saturated heterocycles. The Kier molecular flexibility index (Phi) is 2.26. The highest BCUT2D eigenvalue weighted by Gasteiger charge is 2.39. The molecule has 0 amide bonds. The van der Waals surface area contributed by atoms with Crippen LogP contribution in [-0.2, 0) is 6.54 Å². The van der Waals surface area contributed by atoms with Gasteiger partial charge in [-0.05, 0) is 29.8 Å². The van der Waals surface area contributed by atoms with Gasteiger partial charge in [0, 0.05) is 0 Å². The average molecular weight is 181 g/mol. The molecule has 5 heteroatoms. The first-order valence-corrected chi connectivity index (χ1v) is 4.78. The lowest BCUT2D eigenvalue weighted by Gasteiger charge is -2.01. The van der Waals surface area contributed by atoms with Gasteiger partial charge < -0.3 is 5.32 Å². The van der Waals surface area contributed by atoms with Gasteiger partial charge in [-0.2, -0.15) is 0 Å². The first-order chi connectivity index (χ1) is 6.36. The Labute approximate surface area is 77.5 Å². The molecule has 5 nitrogen and oxygen atoms in total. The maximum atomic E-state index is 4.01. The van der Waals surface area contributed by atoms with Crippen LogP contribution in [0.15, 0.2) is 0 Å². The van der Waals surface area contributed by atoms with Crippen LogP contribution in [0.5, 0.6) is 0 Å². The van der Waals surface area contributed by atoms with Crippen molar-refractivity contribution in [2.45, 2.75) is 32.4 Å². The number of hydrogen-bond acceptors (Lipinski definition) is 4. The van der Waals surface area contributed by atoms with Gasteiger partial charge in [-0.15, -0.1) is 5.10 Å². The lowest BCUT2D eigenvalue weighted by molar-refractivity contribution is 0.529. The third-order valence-electron chi connectivity index (χ3n) is 2.62. The van der Waals surface area contributed by atoms with Crippen LogP contribution in [0.3, 0.4) is 0 Å². The van der Waals surface area contributed by atoms with Crippen LogP contribution >= 0.6 is 0 Å². The van der Waals surface area contributed by atoms with Gasteiger partial charge >= 0.3 is 0 Å². The molecular formula is C8H15N5. The number of aromatic nitrogens is 4. The molecular weight excluding hydrogens is 166 g/mol. The molecule has 0 aliphatic heterocycles. The van der Waals surface area contributed by atoms with Gasteiger partial charge in [0.1, 0.15) is 0 Å². The van der Waals surface area contributed by atoms with E-state index in [-0.39, 0.29) is 0 Å². The van der Waals surface area contributed by atoms with Crippen molar-refractivity contribution in [3.63, 3.8) is 0 Å². The number of nitrogens with one attached hydrogen (secondary N) is 1. The Hall–Kier alpha value is -0.970. The SMILES string of the molecule is CCC1CC1n1nnnc1CNC.